The molecule has 0 radical (unpaired) electrons. The summed E-state index contributed by atoms with van der Waals surface area (Å²) in [6, 6.07) is 13.9. The van der Waals surface area contributed by atoms with Crippen LogP contribution in [0, 0.1) is 6.92 Å². The summed E-state index contributed by atoms with van der Waals surface area (Å²) >= 11 is 0. The van der Waals surface area contributed by atoms with Gasteiger partial charge in [0.05, 0.1) is 19.3 Å². The van der Waals surface area contributed by atoms with E-state index in [-0.39, 0.29) is 0 Å². The summed E-state index contributed by atoms with van der Waals surface area (Å²) in [5, 5.41) is 10.4. The number of hydrogen-bond acceptors (Lipinski definition) is 3. The summed E-state index contributed by atoms with van der Waals surface area (Å²) in [5.41, 5.74) is 3.21. The van der Waals surface area contributed by atoms with Crippen LogP contribution in [0.4, 0.5) is 0 Å². The molecule has 110 valence electrons. The fraction of sp³-hybridized carbons (Fsp3) is 0.333. The van der Waals surface area contributed by atoms with Gasteiger partial charge < -0.3 is 14.6 Å². The van der Waals surface area contributed by atoms with Gasteiger partial charge in [0.25, 0.3) is 0 Å². The van der Waals surface area contributed by atoms with Crippen molar-refractivity contribution in [2.45, 2.75) is 25.9 Å². The Hall–Kier alpha value is -2.00. The smallest absolute Gasteiger partial charge is 0.161 e. The monoisotopic (exact) mass is 284 g/mol. The molecule has 0 saturated carbocycles. The largest absolute Gasteiger partial charge is 0.490 e. The minimum Gasteiger partial charge on any atom is -0.490 e. The second-order valence-corrected chi connectivity index (χ2v) is 5.46. The number of aliphatic hydroxyl groups excluding tert-OH is 1. The van der Waals surface area contributed by atoms with Crippen LogP contribution in [0.1, 0.15) is 29.2 Å². The lowest BCUT2D eigenvalue weighted by atomic mass is 10.0. The van der Waals surface area contributed by atoms with Crippen molar-refractivity contribution in [1.29, 1.82) is 0 Å². The van der Waals surface area contributed by atoms with Crippen molar-refractivity contribution in [1.82, 2.24) is 0 Å². The van der Waals surface area contributed by atoms with Crippen molar-refractivity contribution < 1.29 is 14.6 Å². The molecule has 0 aromatic heterocycles. The van der Waals surface area contributed by atoms with E-state index in [4.69, 9.17) is 9.47 Å². The number of rotatable bonds is 3. The topological polar surface area (TPSA) is 38.7 Å². The highest BCUT2D eigenvalue weighted by atomic mass is 16.5. The molecule has 1 aliphatic heterocycles. The van der Waals surface area contributed by atoms with Crippen LogP contribution in [-0.2, 0) is 6.42 Å². The fourth-order valence-corrected chi connectivity index (χ4v) is 2.45. The van der Waals surface area contributed by atoms with Crippen molar-refractivity contribution >= 4 is 0 Å². The standard InChI is InChI=1S/C18H20O3/c1-13-3-5-14(6-4-13)11-16(19)15-7-8-17-18(12-15)21-10-2-9-20-17/h3-8,12,16,19H,2,9-11H2,1H3. The normalized spacial score (nSPS) is 15.3. The Morgan fingerprint density at radius 1 is 1.00 bits per heavy atom. The van der Waals surface area contributed by atoms with Gasteiger partial charge in [-0.2, -0.15) is 0 Å². The Labute approximate surface area is 125 Å². The van der Waals surface area contributed by atoms with Gasteiger partial charge >= 0.3 is 0 Å². The third-order valence-electron chi connectivity index (χ3n) is 3.71. The molecule has 3 heteroatoms. The Morgan fingerprint density at radius 3 is 2.48 bits per heavy atom. The number of aryl methyl sites for hydroxylation is 1. The molecule has 0 saturated heterocycles. The SMILES string of the molecule is Cc1ccc(CC(O)c2ccc3c(c2)OCCCO3)cc1. The molecular weight excluding hydrogens is 264 g/mol. The summed E-state index contributed by atoms with van der Waals surface area (Å²) in [5.74, 6) is 1.49. The van der Waals surface area contributed by atoms with E-state index < -0.39 is 6.10 Å². The average Bonchev–Trinajstić information content (AvgIpc) is 2.74. The molecule has 2 aromatic carbocycles. The van der Waals surface area contributed by atoms with E-state index in [2.05, 4.69) is 31.2 Å². The van der Waals surface area contributed by atoms with Crippen molar-refractivity contribution in [2.24, 2.45) is 0 Å². The molecule has 2 aromatic rings. The molecule has 0 amide bonds. The highest BCUT2D eigenvalue weighted by Crippen LogP contribution is 2.33. The predicted molar refractivity (Wildman–Crippen MR) is 81.9 cm³/mol. The maximum atomic E-state index is 10.4. The van der Waals surface area contributed by atoms with Crippen LogP contribution in [0.25, 0.3) is 0 Å². The molecule has 3 rings (SSSR count). The molecule has 1 unspecified atom stereocenters. The fourth-order valence-electron chi connectivity index (χ4n) is 2.45. The predicted octanol–water partition coefficient (Wildman–Crippen LogP) is 3.43. The zero-order valence-corrected chi connectivity index (χ0v) is 12.2. The first kappa shape index (κ1) is 14.0. The van der Waals surface area contributed by atoms with E-state index in [1.54, 1.807) is 0 Å². The molecule has 1 aliphatic rings. The lowest BCUT2D eigenvalue weighted by Crippen LogP contribution is -2.03. The first-order valence-electron chi connectivity index (χ1n) is 7.35. The number of aliphatic hydroxyl groups is 1. The summed E-state index contributed by atoms with van der Waals surface area (Å²) in [6.07, 6.45) is 0.945. The molecule has 0 spiro atoms. The van der Waals surface area contributed by atoms with Crippen LogP contribution in [0.15, 0.2) is 42.5 Å². The highest BCUT2D eigenvalue weighted by Gasteiger charge is 2.15. The quantitative estimate of drug-likeness (QED) is 0.938. The summed E-state index contributed by atoms with van der Waals surface area (Å²) in [6.45, 7) is 3.40. The van der Waals surface area contributed by atoms with Crippen molar-refractivity contribution in [3.63, 3.8) is 0 Å². The second kappa shape index (κ2) is 6.19. The van der Waals surface area contributed by atoms with E-state index in [1.165, 1.54) is 5.56 Å². The van der Waals surface area contributed by atoms with Gasteiger partial charge in [0, 0.05) is 12.8 Å². The third kappa shape index (κ3) is 3.37. The molecule has 0 aliphatic carbocycles. The molecule has 1 heterocycles. The Bertz CT molecular complexity index is 604. The highest BCUT2D eigenvalue weighted by molar-refractivity contribution is 5.44. The summed E-state index contributed by atoms with van der Waals surface area (Å²) in [7, 11) is 0. The summed E-state index contributed by atoms with van der Waals surface area (Å²) < 4.78 is 11.3. The number of ether oxygens (including phenoxy) is 2. The Balaban J connectivity index is 1.76. The maximum Gasteiger partial charge on any atom is 0.161 e. The molecule has 1 N–H and O–H groups in total. The first-order chi connectivity index (χ1) is 10.2. The van der Waals surface area contributed by atoms with Crippen molar-refractivity contribution in [2.75, 3.05) is 13.2 Å². The van der Waals surface area contributed by atoms with Gasteiger partial charge in [0.1, 0.15) is 0 Å². The van der Waals surface area contributed by atoms with Gasteiger partial charge in [-0.15, -0.1) is 0 Å². The van der Waals surface area contributed by atoms with E-state index in [9.17, 15) is 5.11 Å². The minimum absolute atomic E-state index is 0.537. The third-order valence-corrected chi connectivity index (χ3v) is 3.71. The number of hydrogen-bond donors (Lipinski definition) is 1. The molecule has 0 fully saturated rings. The van der Waals surface area contributed by atoms with Crippen LogP contribution in [0.5, 0.6) is 11.5 Å². The van der Waals surface area contributed by atoms with E-state index in [0.717, 1.165) is 29.0 Å². The number of fused-ring (bicyclic) bond motifs is 1. The lowest BCUT2D eigenvalue weighted by molar-refractivity contribution is 0.178. The zero-order valence-electron chi connectivity index (χ0n) is 12.2. The van der Waals surface area contributed by atoms with E-state index in [0.29, 0.717) is 19.6 Å². The summed E-state index contributed by atoms with van der Waals surface area (Å²) in [4.78, 5) is 0. The van der Waals surface area contributed by atoms with Crippen molar-refractivity contribution in [3.8, 4) is 11.5 Å². The van der Waals surface area contributed by atoms with Gasteiger partial charge in [-0.05, 0) is 30.2 Å². The molecule has 21 heavy (non-hydrogen) atoms. The van der Waals surface area contributed by atoms with E-state index in [1.807, 2.05) is 18.2 Å². The van der Waals surface area contributed by atoms with Crippen LogP contribution < -0.4 is 9.47 Å². The Morgan fingerprint density at radius 2 is 1.71 bits per heavy atom. The van der Waals surface area contributed by atoms with Crippen LogP contribution in [-0.4, -0.2) is 18.3 Å². The van der Waals surface area contributed by atoms with E-state index >= 15 is 0 Å². The Kier molecular flexibility index (Phi) is 4.11. The molecular formula is C18H20O3. The molecule has 1 atom stereocenters. The zero-order chi connectivity index (χ0) is 14.7. The average molecular weight is 284 g/mol. The van der Waals surface area contributed by atoms with Gasteiger partial charge in [0.15, 0.2) is 11.5 Å². The van der Waals surface area contributed by atoms with Crippen LogP contribution >= 0.6 is 0 Å². The molecule has 0 bridgehead atoms. The van der Waals surface area contributed by atoms with Crippen molar-refractivity contribution in [3.05, 3.63) is 59.2 Å². The number of benzene rings is 2. The van der Waals surface area contributed by atoms with Gasteiger partial charge in [0.2, 0.25) is 0 Å². The van der Waals surface area contributed by atoms with Gasteiger partial charge in [-0.25, -0.2) is 0 Å². The van der Waals surface area contributed by atoms with Gasteiger partial charge in [-0.1, -0.05) is 35.9 Å². The second-order valence-electron chi connectivity index (χ2n) is 5.46. The lowest BCUT2D eigenvalue weighted by Gasteiger charge is -2.14. The minimum atomic E-state index is -0.537. The first-order valence-corrected chi connectivity index (χ1v) is 7.35. The maximum absolute atomic E-state index is 10.4. The van der Waals surface area contributed by atoms with Crippen LogP contribution in [0.2, 0.25) is 0 Å². The van der Waals surface area contributed by atoms with Crippen LogP contribution in [0.3, 0.4) is 0 Å². The van der Waals surface area contributed by atoms with Gasteiger partial charge in [-0.3, -0.25) is 0 Å². The molecule has 3 nitrogen and oxygen atoms in total.